The first kappa shape index (κ1) is 20.0. The van der Waals surface area contributed by atoms with Crippen LogP contribution in [0.5, 0.6) is 5.75 Å². The molecule has 10 heteroatoms. The molecule has 0 atom stereocenters. The van der Waals surface area contributed by atoms with Gasteiger partial charge in [0.1, 0.15) is 22.8 Å². The van der Waals surface area contributed by atoms with E-state index in [1.807, 2.05) is 0 Å². The van der Waals surface area contributed by atoms with Crippen molar-refractivity contribution < 1.29 is 13.9 Å². The average molecular weight is 446 g/mol. The fourth-order valence-corrected chi connectivity index (χ4v) is 4.17. The number of nitrogens with one attached hydrogen (secondary N) is 1. The number of carbonyl (C=O) groups excluding carboxylic acids is 1. The number of nitrogens with zero attached hydrogens (tertiary/aromatic N) is 2. The van der Waals surface area contributed by atoms with E-state index < -0.39 is 17.2 Å². The van der Waals surface area contributed by atoms with Crippen LogP contribution in [0, 0.1) is 0 Å². The third-order valence-electron chi connectivity index (χ3n) is 4.47. The molecule has 8 nitrogen and oxygen atoms in total. The fraction of sp³-hybridized carbons (Fsp3) is 0.150. The Morgan fingerprint density at radius 1 is 1.23 bits per heavy atom. The van der Waals surface area contributed by atoms with Crippen molar-refractivity contribution in [1.82, 2.24) is 9.13 Å². The second-order valence-electron chi connectivity index (χ2n) is 6.37. The summed E-state index contributed by atoms with van der Waals surface area (Å²) in [6.07, 6.45) is 1.47. The lowest BCUT2D eigenvalue weighted by Gasteiger charge is -2.12. The van der Waals surface area contributed by atoms with E-state index in [4.69, 9.17) is 20.8 Å². The maximum atomic E-state index is 13.0. The molecule has 30 heavy (non-hydrogen) atoms. The predicted octanol–water partition coefficient (Wildman–Crippen LogP) is 3.17. The van der Waals surface area contributed by atoms with Crippen molar-refractivity contribution in [2.75, 3.05) is 12.4 Å². The molecule has 3 heterocycles. The molecule has 0 aliphatic heterocycles. The summed E-state index contributed by atoms with van der Waals surface area (Å²) >= 11 is 7.30. The molecule has 1 N–H and O–H groups in total. The van der Waals surface area contributed by atoms with E-state index in [9.17, 15) is 14.4 Å². The van der Waals surface area contributed by atoms with Gasteiger partial charge in [0.15, 0.2) is 0 Å². The summed E-state index contributed by atoms with van der Waals surface area (Å²) in [5.41, 5.74) is -0.136. The van der Waals surface area contributed by atoms with Crippen LogP contribution in [-0.2, 0) is 17.9 Å². The Balaban J connectivity index is 1.67. The number of fused-ring (bicyclic) bond motifs is 1. The van der Waals surface area contributed by atoms with Gasteiger partial charge in [0.05, 0.1) is 30.5 Å². The van der Waals surface area contributed by atoms with Crippen LogP contribution in [0.15, 0.2) is 62.0 Å². The molecule has 0 unspecified atom stereocenters. The van der Waals surface area contributed by atoms with E-state index >= 15 is 0 Å². The molecular weight excluding hydrogens is 430 g/mol. The van der Waals surface area contributed by atoms with Crippen molar-refractivity contribution in [3.8, 4) is 5.75 Å². The summed E-state index contributed by atoms with van der Waals surface area (Å²) in [7, 11) is 1.50. The number of amides is 1. The van der Waals surface area contributed by atoms with Gasteiger partial charge in [-0.1, -0.05) is 11.6 Å². The van der Waals surface area contributed by atoms with Gasteiger partial charge in [-0.3, -0.25) is 18.7 Å². The highest BCUT2D eigenvalue weighted by molar-refractivity contribution is 7.17. The molecule has 0 aliphatic rings. The highest BCUT2D eigenvalue weighted by Crippen LogP contribution is 2.27. The van der Waals surface area contributed by atoms with E-state index in [2.05, 4.69) is 5.32 Å². The van der Waals surface area contributed by atoms with Crippen molar-refractivity contribution in [2.45, 2.75) is 13.1 Å². The number of anilines is 1. The lowest BCUT2D eigenvalue weighted by atomic mass is 10.3. The highest BCUT2D eigenvalue weighted by atomic mass is 35.5. The highest BCUT2D eigenvalue weighted by Gasteiger charge is 2.17. The molecule has 0 aliphatic carbocycles. The number of ether oxygens (including phenoxy) is 1. The fourth-order valence-electron chi connectivity index (χ4n) is 3.07. The molecule has 4 aromatic rings. The zero-order valence-electron chi connectivity index (χ0n) is 15.8. The Hall–Kier alpha value is -3.30. The number of hydrogen-bond donors (Lipinski definition) is 1. The number of carbonyl (C=O) groups is 1. The minimum atomic E-state index is -0.592. The summed E-state index contributed by atoms with van der Waals surface area (Å²) in [5, 5.41) is 4.76. The zero-order chi connectivity index (χ0) is 21.3. The molecule has 0 radical (unpaired) electrons. The Morgan fingerprint density at radius 2 is 2.07 bits per heavy atom. The predicted molar refractivity (Wildman–Crippen MR) is 115 cm³/mol. The maximum absolute atomic E-state index is 13.0. The number of furan rings is 1. The average Bonchev–Trinajstić information content (AvgIpc) is 3.41. The van der Waals surface area contributed by atoms with Crippen molar-refractivity contribution in [1.29, 1.82) is 0 Å². The standard InChI is InChI=1S/C20H16ClN3O5S/c1-28-16-5-4-12(9-14(16)21)22-17(25)11-23-15-6-8-30-18(15)19(26)24(20(23)27)10-13-3-2-7-29-13/h2-9H,10-11H2,1H3,(H,22,25). The second kappa shape index (κ2) is 8.21. The van der Waals surface area contributed by atoms with Gasteiger partial charge in [0.2, 0.25) is 5.91 Å². The zero-order valence-corrected chi connectivity index (χ0v) is 17.3. The van der Waals surface area contributed by atoms with Gasteiger partial charge in [0, 0.05) is 5.69 Å². The summed E-state index contributed by atoms with van der Waals surface area (Å²) in [4.78, 5) is 38.4. The number of benzene rings is 1. The quantitative estimate of drug-likeness (QED) is 0.492. The third kappa shape index (κ3) is 3.77. The van der Waals surface area contributed by atoms with E-state index in [0.29, 0.717) is 32.4 Å². The van der Waals surface area contributed by atoms with E-state index in [0.717, 1.165) is 4.57 Å². The van der Waals surface area contributed by atoms with Crippen LogP contribution < -0.4 is 21.3 Å². The van der Waals surface area contributed by atoms with Crippen LogP contribution in [-0.4, -0.2) is 22.2 Å². The molecule has 154 valence electrons. The second-order valence-corrected chi connectivity index (χ2v) is 7.70. The molecule has 0 bridgehead atoms. The van der Waals surface area contributed by atoms with Gasteiger partial charge >= 0.3 is 5.69 Å². The smallest absolute Gasteiger partial charge is 0.332 e. The van der Waals surface area contributed by atoms with Gasteiger partial charge in [-0.15, -0.1) is 11.3 Å². The summed E-state index contributed by atoms with van der Waals surface area (Å²) in [5.74, 6) is 0.513. The maximum Gasteiger partial charge on any atom is 0.332 e. The molecule has 4 rings (SSSR count). The number of rotatable bonds is 6. The molecule has 0 saturated carbocycles. The van der Waals surface area contributed by atoms with Gasteiger partial charge < -0.3 is 14.5 Å². The van der Waals surface area contributed by atoms with E-state index in [-0.39, 0.29) is 13.1 Å². The molecular formula is C20H16ClN3O5S. The Morgan fingerprint density at radius 3 is 2.77 bits per heavy atom. The summed E-state index contributed by atoms with van der Waals surface area (Å²) in [6, 6.07) is 9.83. The number of aromatic nitrogens is 2. The van der Waals surface area contributed by atoms with Gasteiger partial charge in [0.25, 0.3) is 5.56 Å². The third-order valence-corrected chi connectivity index (χ3v) is 5.65. The summed E-state index contributed by atoms with van der Waals surface area (Å²) in [6.45, 7) is -0.289. The monoisotopic (exact) mass is 445 g/mol. The molecule has 3 aromatic heterocycles. The van der Waals surface area contributed by atoms with Crippen LogP contribution in [0.2, 0.25) is 5.02 Å². The topological polar surface area (TPSA) is 95.5 Å². The molecule has 1 amide bonds. The molecule has 0 spiro atoms. The van der Waals surface area contributed by atoms with Crippen molar-refractivity contribution >= 4 is 44.7 Å². The van der Waals surface area contributed by atoms with Crippen LogP contribution >= 0.6 is 22.9 Å². The Bertz CT molecular complexity index is 1340. The lowest BCUT2D eigenvalue weighted by molar-refractivity contribution is -0.116. The largest absolute Gasteiger partial charge is 0.495 e. The molecule has 1 aromatic carbocycles. The minimum Gasteiger partial charge on any atom is -0.495 e. The SMILES string of the molecule is COc1ccc(NC(=O)Cn2c(=O)n(Cc3ccco3)c(=O)c3sccc32)cc1Cl. The normalized spacial score (nSPS) is 11.0. The number of methoxy groups -OCH3 is 1. The van der Waals surface area contributed by atoms with Crippen LogP contribution in [0.4, 0.5) is 5.69 Å². The van der Waals surface area contributed by atoms with Crippen LogP contribution in [0.25, 0.3) is 10.2 Å². The first-order valence-electron chi connectivity index (χ1n) is 8.84. The number of hydrogen-bond acceptors (Lipinski definition) is 6. The Labute approximate surface area is 178 Å². The molecule has 0 fully saturated rings. The first-order valence-corrected chi connectivity index (χ1v) is 10.1. The van der Waals surface area contributed by atoms with E-state index in [1.165, 1.54) is 29.3 Å². The van der Waals surface area contributed by atoms with Crippen molar-refractivity contribution in [2.24, 2.45) is 0 Å². The van der Waals surface area contributed by atoms with Gasteiger partial charge in [-0.05, 0) is 41.8 Å². The number of halogens is 1. The lowest BCUT2D eigenvalue weighted by Crippen LogP contribution is -2.41. The van der Waals surface area contributed by atoms with Crippen LogP contribution in [0.1, 0.15) is 5.76 Å². The minimum absolute atomic E-state index is 0.0196. The van der Waals surface area contributed by atoms with Gasteiger partial charge in [-0.25, -0.2) is 4.79 Å². The first-order chi connectivity index (χ1) is 14.5. The van der Waals surface area contributed by atoms with E-state index in [1.54, 1.807) is 41.8 Å². The van der Waals surface area contributed by atoms with Crippen molar-refractivity contribution in [3.63, 3.8) is 0 Å². The molecule has 0 saturated heterocycles. The van der Waals surface area contributed by atoms with Gasteiger partial charge in [-0.2, -0.15) is 0 Å². The Kier molecular flexibility index (Phi) is 5.47. The van der Waals surface area contributed by atoms with Crippen LogP contribution in [0.3, 0.4) is 0 Å². The number of thiophene rings is 1. The summed E-state index contributed by atoms with van der Waals surface area (Å²) < 4.78 is 13.1. The van der Waals surface area contributed by atoms with Crippen molar-refractivity contribution in [3.05, 3.63) is 79.7 Å².